The molecule has 2 aliphatic rings. The Morgan fingerprint density at radius 3 is 2.91 bits per heavy atom. The lowest BCUT2D eigenvalue weighted by molar-refractivity contribution is 0.151. The maximum atomic E-state index is 12.5. The fourth-order valence-corrected chi connectivity index (χ4v) is 3.50. The molecule has 1 unspecified atom stereocenters. The van der Waals surface area contributed by atoms with Gasteiger partial charge < -0.3 is 19.5 Å². The van der Waals surface area contributed by atoms with Crippen LogP contribution in [0.25, 0.3) is 0 Å². The maximum absolute atomic E-state index is 12.5. The van der Waals surface area contributed by atoms with Crippen LogP contribution in [0, 0.1) is 0 Å². The monoisotopic (exact) mass is 322 g/mol. The van der Waals surface area contributed by atoms with Gasteiger partial charge in [0.2, 0.25) is 0 Å². The Balaban J connectivity index is 1.55. The third kappa shape index (κ3) is 4.22. The number of carbonyl (C=O) groups excluding carboxylic acids is 1. The van der Waals surface area contributed by atoms with Crippen molar-refractivity contribution in [3.8, 4) is 0 Å². The molecular weight excluding hydrogens is 296 g/mol. The number of urea groups is 1. The molecular formula is C16H26N4O3. The van der Waals surface area contributed by atoms with Gasteiger partial charge in [0.1, 0.15) is 6.61 Å². The highest BCUT2D eigenvalue weighted by Crippen LogP contribution is 2.25. The number of carbonyl (C=O) groups is 1. The number of nitrogens with zero attached hydrogens (tertiary/aromatic N) is 3. The van der Waals surface area contributed by atoms with Crippen molar-refractivity contribution in [3.63, 3.8) is 0 Å². The number of aromatic nitrogens is 2. The van der Waals surface area contributed by atoms with Crippen LogP contribution in [-0.4, -0.2) is 47.3 Å². The Labute approximate surface area is 136 Å². The van der Waals surface area contributed by atoms with E-state index in [2.05, 4.69) is 15.5 Å². The summed E-state index contributed by atoms with van der Waals surface area (Å²) in [7, 11) is 1.60. The summed E-state index contributed by atoms with van der Waals surface area (Å²) in [5, 5.41) is 7.23. The molecule has 1 saturated carbocycles. The molecule has 1 aliphatic heterocycles. The number of hydrogen-bond acceptors (Lipinski definition) is 5. The molecule has 2 heterocycles. The highest BCUT2D eigenvalue weighted by molar-refractivity contribution is 5.74. The summed E-state index contributed by atoms with van der Waals surface area (Å²) in [6, 6.07) is 0.400. The van der Waals surface area contributed by atoms with Gasteiger partial charge in [-0.3, -0.25) is 0 Å². The molecule has 7 nitrogen and oxygen atoms in total. The minimum absolute atomic E-state index is 0.0576. The number of nitrogens with one attached hydrogen (secondary N) is 1. The van der Waals surface area contributed by atoms with Crippen molar-refractivity contribution in [2.75, 3.05) is 20.2 Å². The fraction of sp³-hybridized carbons (Fsp3) is 0.812. The quantitative estimate of drug-likeness (QED) is 0.921. The molecule has 0 bridgehead atoms. The molecule has 128 valence electrons. The second-order valence-electron chi connectivity index (χ2n) is 6.55. The molecule has 7 heteroatoms. The average Bonchev–Trinajstić information content (AvgIpc) is 3.05. The molecule has 0 spiro atoms. The van der Waals surface area contributed by atoms with Gasteiger partial charge >= 0.3 is 6.03 Å². The summed E-state index contributed by atoms with van der Waals surface area (Å²) in [4.78, 5) is 18.8. The van der Waals surface area contributed by atoms with Crippen LogP contribution in [0.4, 0.5) is 4.79 Å². The van der Waals surface area contributed by atoms with Gasteiger partial charge in [-0.1, -0.05) is 24.4 Å². The molecule has 3 rings (SSSR count). The van der Waals surface area contributed by atoms with Crippen molar-refractivity contribution >= 4 is 6.03 Å². The summed E-state index contributed by atoms with van der Waals surface area (Å²) in [5.41, 5.74) is 0. The molecule has 0 aromatic carbocycles. The summed E-state index contributed by atoms with van der Waals surface area (Å²) in [6.45, 7) is 1.79. The Morgan fingerprint density at radius 1 is 1.30 bits per heavy atom. The minimum atomic E-state index is 0.0576. The molecule has 1 saturated heterocycles. The van der Waals surface area contributed by atoms with E-state index in [0.29, 0.717) is 30.9 Å². The molecule has 1 aromatic rings. The van der Waals surface area contributed by atoms with E-state index >= 15 is 0 Å². The second kappa shape index (κ2) is 7.77. The van der Waals surface area contributed by atoms with E-state index in [1.54, 1.807) is 7.11 Å². The maximum Gasteiger partial charge on any atom is 0.317 e. The fourth-order valence-electron chi connectivity index (χ4n) is 3.50. The Morgan fingerprint density at radius 2 is 2.13 bits per heavy atom. The van der Waals surface area contributed by atoms with Crippen LogP contribution in [0.15, 0.2) is 4.52 Å². The first-order valence-corrected chi connectivity index (χ1v) is 8.63. The SMILES string of the molecule is COCc1nc(C2CCCN(C(=O)NC3CCCCC3)C2)no1. The molecule has 2 amide bonds. The van der Waals surface area contributed by atoms with Crippen LogP contribution in [0.5, 0.6) is 0 Å². The first-order valence-electron chi connectivity index (χ1n) is 8.63. The van der Waals surface area contributed by atoms with Crippen LogP contribution in [-0.2, 0) is 11.3 Å². The smallest absolute Gasteiger partial charge is 0.317 e. The second-order valence-corrected chi connectivity index (χ2v) is 6.55. The highest BCUT2D eigenvalue weighted by atomic mass is 16.5. The molecule has 1 aliphatic carbocycles. The molecule has 0 radical (unpaired) electrons. The topological polar surface area (TPSA) is 80.5 Å². The number of likely N-dealkylation sites (tertiary alicyclic amines) is 1. The zero-order valence-electron chi connectivity index (χ0n) is 13.8. The predicted octanol–water partition coefficient (Wildman–Crippen LogP) is 2.44. The van der Waals surface area contributed by atoms with Crippen molar-refractivity contribution in [2.24, 2.45) is 0 Å². The first kappa shape index (κ1) is 16.2. The van der Waals surface area contributed by atoms with Gasteiger partial charge in [-0.15, -0.1) is 0 Å². The predicted molar refractivity (Wildman–Crippen MR) is 84.0 cm³/mol. The minimum Gasteiger partial charge on any atom is -0.375 e. The van der Waals surface area contributed by atoms with Crippen LogP contribution < -0.4 is 5.32 Å². The lowest BCUT2D eigenvalue weighted by atomic mass is 9.95. The van der Waals surface area contributed by atoms with Gasteiger partial charge in [-0.05, 0) is 25.7 Å². The van der Waals surface area contributed by atoms with Gasteiger partial charge in [-0.2, -0.15) is 4.98 Å². The molecule has 23 heavy (non-hydrogen) atoms. The van der Waals surface area contributed by atoms with Crippen molar-refractivity contribution in [2.45, 2.75) is 63.5 Å². The Bertz CT molecular complexity index is 513. The van der Waals surface area contributed by atoms with E-state index in [4.69, 9.17) is 9.26 Å². The lowest BCUT2D eigenvalue weighted by Crippen LogP contribution is -2.48. The zero-order valence-corrected chi connectivity index (χ0v) is 13.8. The number of amides is 2. The molecule has 2 fully saturated rings. The van der Waals surface area contributed by atoms with Gasteiger partial charge in [0.05, 0.1) is 0 Å². The normalized spacial score (nSPS) is 23.0. The first-order chi connectivity index (χ1) is 11.3. The summed E-state index contributed by atoms with van der Waals surface area (Å²) in [6.07, 6.45) is 7.90. The van der Waals surface area contributed by atoms with Gasteiger partial charge in [-0.25, -0.2) is 4.79 Å². The van der Waals surface area contributed by atoms with E-state index in [-0.39, 0.29) is 11.9 Å². The van der Waals surface area contributed by atoms with Crippen LogP contribution in [0.3, 0.4) is 0 Å². The largest absolute Gasteiger partial charge is 0.375 e. The van der Waals surface area contributed by atoms with Crippen LogP contribution in [0.1, 0.15) is 62.6 Å². The van der Waals surface area contributed by atoms with Crippen molar-refractivity contribution in [1.82, 2.24) is 20.4 Å². The van der Waals surface area contributed by atoms with Crippen molar-refractivity contribution < 1.29 is 14.1 Å². The summed E-state index contributed by atoms with van der Waals surface area (Å²) < 4.78 is 10.2. The molecule has 1 aromatic heterocycles. The lowest BCUT2D eigenvalue weighted by Gasteiger charge is -2.33. The number of methoxy groups -OCH3 is 1. The summed E-state index contributed by atoms with van der Waals surface area (Å²) in [5.74, 6) is 1.33. The number of piperidine rings is 1. The highest BCUT2D eigenvalue weighted by Gasteiger charge is 2.29. The number of hydrogen-bond donors (Lipinski definition) is 1. The van der Waals surface area contributed by atoms with E-state index in [9.17, 15) is 4.79 Å². The molecule has 1 N–H and O–H groups in total. The standard InChI is InChI=1S/C16H26N4O3/c1-22-11-14-18-15(19-23-14)12-6-5-9-20(10-12)16(21)17-13-7-3-2-4-8-13/h12-13H,2-11H2,1H3,(H,17,21). The third-order valence-corrected chi connectivity index (χ3v) is 4.76. The Kier molecular flexibility index (Phi) is 5.48. The van der Waals surface area contributed by atoms with Crippen LogP contribution in [0.2, 0.25) is 0 Å². The number of rotatable bonds is 4. The zero-order chi connectivity index (χ0) is 16.1. The van der Waals surface area contributed by atoms with Crippen molar-refractivity contribution in [1.29, 1.82) is 0 Å². The Hall–Kier alpha value is -1.63. The van der Waals surface area contributed by atoms with Gasteiger partial charge in [0.15, 0.2) is 5.82 Å². The van der Waals surface area contributed by atoms with E-state index in [0.717, 1.165) is 32.2 Å². The molecule has 1 atom stereocenters. The van der Waals surface area contributed by atoms with Crippen molar-refractivity contribution in [3.05, 3.63) is 11.7 Å². The third-order valence-electron chi connectivity index (χ3n) is 4.76. The van der Waals surface area contributed by atoms with Gasteiger partial charge in [0.25, 0.3) is 5.89 Å². The van der Waals surface area contributed by atoms with E-state index in [1.165, 1.54) is 19.3 Å². The van der Waals surface area contributed by atoms with Crippen LogP contribution >= 0.6 is 0 Å². The number of ether oxygens (including phenoxy) is 1. The summed E-state index contributed by atoms with van der Waals surface area (Å²) >= 11 is 0. The average molecular weight is 322 g/mol. The van der Waals surface area contributed by atoms with Gasteiger partial charge in [0, 0.05) is 32.2 Å². The van der Waals surface area contributed by atoms with E-state index < -0.39 is 0 Å². The van der Waals surface area contributed by atoms with E-state index in [1.807, 2.05) is 4.90 Å².